The molecule has 13 heavy (non-hydrogen) atoms. The second-order valence-corrected chi connectivity index (χ2v) is 4.22. The van der Waals surface area contributed by atoms with Gasteiger partial charge in [0.2, 0.25) is 0 Å². The largest absolute Gasteiger partial charge is 0.466 e. The summed E-state index contributed by atoms with van der Waals surface area (Å²) in [5, 5.41) is 0. The van der Waals surface area contributed by atoms with E-state index in [-0.39, 0.29) is 5.97 Å². The van der Waals surface area contributed by atoms with Crippen molar-refractivity contribution in [3.05, 3.63) is 0 Å². The van der Waals surface area contributed by atoms with Gasteiger partial charge in [-0.2, -0.15) is 0 Å². The molecule has 0 bridgehead atoms. The molecule has 0 aromatic heterocycles. The lowest BCUT2D eigenvalue weighted by molar-refractivity contribution is -0.143. The molecule has 0 aromatic carbocycles. The highest BCUT2D eigenvalue weighted by Crippen LogP contribution is 2.42. The van der Waals surface area contributed by atoms with Crippen LogP contribution in [0.5, 0.6) is 0 Å². The molecule has 0 radical (unpaired) electrons. The fraction of sp³-hybridized carbons (Fsp3) is 0.900. The summed E-state index contributed by atoms with van der Waals surface area (Å²) in [6.07, 6.45) is 3.19. The van der Waals surface area contributed by atoms with Gasteiger partial charge in [-0.15, -0.1) is 0 Å². The van der Waals surface area contributed by atoms with E-state index in [0.29, 0.717) is 30.7 Å². The molecule has 2 aliphatic rings. The van der Waals surface area contributed by atoms with Crippen LogP contribution in [0.1, 0.15) is 26.7 Å². The predicted molar refractivity (Wildman–Crippen MR) is 47.2 cm³/mol. The lowest BCUT2D eigenvalue weighted by Crippen LogP contribution is -2.26. The van der Waals surface area contributed by atoms with Crippen LogP contribution in [0.4, 0.5) is 0 Å². The van der Waals surface area contributed by atoms with E-state index in [9.17, 15) is 4.79 Å². The van der Waals surface area contributed by atoms with E-state index in [1.807, 2.05) is 0 Å². The summed E-state index contributed by atoms with van der Waals surface area (Å²) in [7, 11) is 0. The van der Waals surface area contributed by atoms with Gasteiger partial charge in [0.25, 0.3) is 0 Å². The third-order valence-corrected chi connectivity index (χ3v) is 3.13. The molecule has 0 unspecified atom stereocenters. The smallest absolute Gasteiger partial charge is 0.302 e. The number of carbonyl (C=O) groups excluding carboxylic acids is 1. The molecular formula is C10H16O3. The highest BCUT2D eigenvalue weighted by Gasteiger charge is 2.46. The van der Waals surface area contributed by atoms with Gasteiger partial charge in [-0.1, -0.05) is 6.92 Å². The summed E-state index contributed by atoms with van der Waals surface area (Å²) in [6.45, 7) is 4.25. The van der Waals surface area contributed by atoms with Gasteiger partial charge in [0.05, 0.1) is 18.8 Å². The molecule has 1 aliphatic carbocycles. The Labute approximate surface area is 78.4 Å². The molecule has 0 spiro atoms. The van der Waals surface area contributed by atoms with Crippen molar-refractivity contribution in [1.82, 2.24) is 0 Å². The molecule has 0 N–H and O–H groups in total. The number of esters is 1. The fourth-order valence-electron chi connectivity index (χ4n) is 2.14. The van der Waals surface area contributed by atoms with E-state index in [2.05, 4.69) is 6.92 Å². The number of ether oxygens (including phenoxy) is 2. The maximum atomic E-state index is 10.6. The minimum atomic E-state index is -0.175. The van der Waals surface area contributed by atoms with Crippen molar-refractivity contribution in [2.24, 2.45) is 11.8 Å². The molecule has 1 saturated heterocycles. The number of fused-ring (bicyclic) bond motifs is 1. The summed E-state index contributed by atoms with van der Waals surface area (Å²) < 4.78 is 10.5. The standard InChI is InChI=1S/C10H16O3/c1-6-3-9-10(13-9)4-8(6)5-12-7(2)11/h6,8-10H,3-5H2,1-2H3/t6-,8+,9+,10-/m0/s1. The van der Waals surface area contributed by atoms with Gasteiger partial charge in [-0.3, -0.25) is 4.79 Å². The Hall–Kier alpha value is -0.570. The third kappa shape index (κ3) is 2.02. The van der Waals surface area contributed by atoms with E-state index < -0.39 is 0 Å². The van der Waals surface area contributed by atoms with Gasteiger partial charge in [-0.05, 0) is 24.7 Å². The van der Waals surface area contributed by atoms with Gasteiger partial charge in [-0.25, -0.2) is 0 Å². The van der Waals surface area contributed by atoms with Gasteiger partial charge in [0.1, 0.15) is 0 Å². The van der Waals surface area contributed by atoms with Crippen molar-refractivity contribution in [3.8, 4) is 0 Å². The Kier molecular flexibility index (Phi) is 2.28. The molecule has 4 atom stereocenters. The first-order valence-electron chi connectivity index (χ1n) is 4.95. The lowest BCUT2D eigenvalue weighted by Gasteiger charge is -2.25. The van der Waals surface area contributed by atoms with Crippen molar-refractivity contribution in [3.63, 3.8) is 0 Å². The molecule has 1 saturated carbocycles. The monoisotopic (exact) mass is 184 g/mol. The topological polar surface area (TPSA) is 38.8 Å². The molecule has 1 heterocycles. The van der Waals surface area contributed by atoms with E-state index in [0.717, 1.165) is 12.8 Å². The number of epoxide rings is 1. The number of rotatable bonds is 2. The van der Waals surface area contributed by atoms with E-state index in [1.165, 1.54) is 6.92 Å². The van der Waals surface area contributed by atoms with Gasteiger partial charge < -0.3 is 9.47 Å². The van der Waals surface area contributed by atoms with Crippen molar-refractivity contribution in [1.29, 1.82) is 0 Å². The fourth-order valence-corrected chi connectivity index (χ4v) is 2.14. The van der Waals surface area contributed by atoms with Crippen LogP contribution in [0.3, 0.4) is 0 Å². The van der Waals surface area contributed by atoms with Gasteiger partial charge in [0.15, 0.2) is 0 Å². The Morgan fingerprint density at radius 3 is 2.85 bits per heavy atom. The highest BCUT2D eigenvalue weighted by molar-refractivity contribution is 5.65. The number of hydrogen-bond donors (Lipinski definition) is 0. The zero-order chi connectivity index (χ0) is 9.42. The van der Waals surface area contributed by atoms with Crippen LogP contribution in [0.2, 0.25) is 0 Å². The first kappa shape index (κ1) is 9.00. The SMILES string of the molecule is CC(=O)OC[C@H]1C[C@@H]2O[C@@H]2C[C@@H]1C. The molecule has 0 amide bonds. The predicted octanol–water partition coefficient (Wildman–Crippen LogP) is 1.36. The summed E-state index contributed by atoms with van der Waals surface area (Å²) in [4.78, 5) is 10.6. The lowest BCUT2D eigenvalue weighted by atomic mass is 9.81. The van der Waals surface area contributed by atoms with Crippen molar-refractivity contribution in [2.75, 3.05) is 6.61 Å². The maximum absolute atomic E-state index is 10.6. The normalized spacial score (nSPS) is 42.3. The Morgan fingerprint density at radius 1 is 1.46 bits per heavy atom. The van der Waals surface area contributed by atoms with Crippen molar-refractivity contribution in [2.45, 2.75) is 38.9 Å². The van der Waals surface area contributed by atoms with Gasteiger partial charge >= 0.3 is 5.97 Å². The molecule has 3 nitrogen and oxygen atoms in total. The molecule has 1 aliphatic heterocycles. The van der Waals surface area contributed by atoms with E-state index in [1.54, 1.807) is 0 Å². The van der Waals surface area contributed by atoms with E-state index >= 15 is 0 Å². The molecule has 3 heteroatoms. The third-order valence-electron chi connectivity index (χ3n) is 3.13. The summed E-state index contributed by atoms with van der Waals surface area (Å²) in [5.74, 6) is 0.960. The summed E-state index contributed by atoms with van der Waals surface area (Å²) in [6, 6.07) is 0. The first-order chi connectivity index (χ1) is 6.16. The molecular weight excluding hydrogens is 168 g/mol. The van der Waals surface area contributed by atoms with Crippen LogP contribution in [0, 0.1) is 11.8 Å². The quantitative estimate of drug-likeness (QED) is 0.480. The summed E-state index contributed by atoms with van der Waals surface area (Å²) in [5.41, 5.74) is 0. The maximum Gasteiger partial charge on any atom is 0.302 e. The van der Waals surface area contributed by atoms with Gasteiger partial charge in [0, 0.05) is 6.92 Å². The molecule has 2 rings (SSSR count). The minimum absolute atomic E-state index is 0.175. The zero-order valence-corrected chi connectivity index (χ0v) is 8.16. The number of hydrogen-bond acceptors (Lipinski definition) is 3. The van der Waals surface area contributed by atoms with Crippen LogP contribution in [0.15, 0.2) is 0 Å². The average molecular weight is 184 g/mol. The average Bonchev–Trinajstić information content (AvgIpc) is 2.77. The zero-order valence-electron chi connectivity index (χ0n) is 8.16. The van der Waals surface area contributed by atoms with Crippen molar-refractivity contribution < 1.29 is 14.3 Å². The van der Waals surface area contributed by atoms with Crippen LogP contribution in [-0.4, -0.2) is 24.8 Å². The second kappa shape index (κ2) is 3.29. The first-order valence-corrected chi connectivity index (χ1v) is 4.95. The summed E-state index contributed by atoms with van der Waals surface area (Å²) >= 11 is 0. The minimum Gasteiger partial charge on any atom is -0.466 e. The Bertz CT molecular complexity index is 214. The highest BCUT2D eigenvalue weighted by atomic mass is 16.6. The Balaban J connectivity index is 1.80. The van der Waals surface area contributed by atoms with Crippen molar-refractivity contribution >= 4 is 5.97 Å². The molecule has 2 fully saturated rings. The van der Waals surface area contributed by atoms with Crippen LogP contribution >= 0.6 is 0 Å². The molecule has 0 aromatic rings. The van der Waals surface area contributed by atoms with Crippen LogP contribution in [-0.2, 0) is 14.3 Å². The Morgan fingerprint density at radius 2 is 2.15 bits per heavy atom. The van der Waals surface area contributed by atoms with Crippen LogP contribution < -0.4 is 0 Å². The second-order valence-electron chi connectivity index (χ2n) is 4.22. The van der Waals surface area contributed by atoms with E-state index in [4.69, 9.17) is 9.47 Å². The molecule has 74 valence electrons. The van der Waals surface area contributed by atoms with Crippen LogP contribution in [0.25, 0.3) is 0 Å². The number of carbonyl (C=O) groups is 1.